The molecular weight excluding hydrogens is 276 g/mol. The van der Waals surface area contributed by atoms with Gasteiger partial charge in [-0.2, -0.15) is 5.10 Å². The maximum absolute atomic E-state index is 5.94. The maximum Gasteiger partial charge on any atom is 0.168 e. The van der Waals surface area contributed by atoms with Crippen molar-refractivity contribution in [1.29, 1.82) is 0 Å². The third-order valence-electron chi connectivity index (χ3n) is 2.83. The molecule has 0 fully saturated rings. The van der Waals surface area contributed by atoms with E-state index in [0.29, 0.717) is 23.2 Å². The molecule has 0 saturated carbocycles. The summed E-state index contributed by atoms with van der Waals surface area (Å²) in [5.74, 6) is 2.55. The maximum atomic E-state index is 5.94. The molecular formula is C14H19ClN4O. The van der Waals surface area contributed by atoms with Gasteiger partial charge in [0.15, 0.2) is 11.5 Å². The van der Waals surface area contributed by atoms with Gasteiger partial charge in [-0.25, -0.2) is 9.97 Å². The topological polar surface area (TPSA) is 52.8 Å². The lowest BCUT2D eigenvalue weighted by molar-refractivity contribution is 0.465. The standard InChI is InChI=1S/C14H19ClN4O/c1-9(2)14-16-7-13(12(5-15)18-14)20-11-6-17-19(8-11)10(3)4/h6-10H,5H2,1-4H3. The van der Waals surface area contributed by atoms with Crippen LogP contribution in [0, 0.1) is 0 Å². The second-order valence-electron chi connectivity index (χ2n) is 5.18. The highest BCUT2D eigenvalue weighted by Crippen LogP contribution is 2.26. The molecule has 0 atom stereocenters. The predicted octanol–water partition coefficient (Wildman–Crippen LogP) is 3.91. The normalized spacial score (nSPS) is 11.3. The molecule has 0 aliphatic carbocycles. The van der Waals surface area contributed by atoms with E-state index >= 15 is 0 Å². The zero-order chi connectivity index (χ0) is 14.7. The molecule has 2 aromatic rings. The summed E-state index contributed by atoms with van der Waals surface area (Å²) in [5, 5.41) is 4.23. The molecule has 0 aliphatic heterocycles. The van der Waals surface area contributed by atoms with Crippen LogP contribution in [0.3, 0.4) is 0 Å². The summed E-state index contributed by atoms with van der Waals surface area (Å²) < 4.78 is 7.61. The van der Waals surface area contributed by atoms with Crippen LogP contribution in [0.1, 0.15) is 51.2 Å². The molecule has 2 heterocycles. The molecule has 0 aliphatic rings. The van der Waals surface area contributed by atoms with Gasteiger partial charge in [-0.3, -0.25) is 4.68 Å². The van der Waals surface area contributed by atoms with Gasteiger partial charge in [0.2, 0.25) is 0 Å². The van der Waals surface area contributed by atoms with E-state index < -0.39 is 0 Å². The van der Waals surface area contributed by atoms with Crippen LogP contribution in [-0.4, -0.2) is 19.7 Å². The summed E-state index contributed by atoms with van der Waals surface area (Å²) in [6.45, 7) is 8.20. The summed E-state index contributed by atoms with van der Waals surface area (Å²) in [7, 11) is 0. The number of halogens is 1. The first-order valence-corrected chi connectivity index (χ1v) is 7.18. The second kappa shape index (κ2) is 6.22. The minimum absolute atomic E-state index is 0.259. The monoisotopic (exact) mass is 294 g/mol. The highest BCUT2D eigenvalue weighted by molar-refractivity contribution is 6.17. The quantitative estimate of drug-likeness (QED) is 0.785. The van der Waals surface area contributed by atoms with Crippen LogP contribution in [0.4, 0.5) is 0 Å². The van der Waals surface area contributed by atoms with Gasteiger partial charge in [-0.1, -0.05) is 13.8 Å². The van der Waals surface area contributed by atoms with E-state index in [4.69, 9.17) is 16.3 Å². The number of aromatic nitrogens is 4. The molecule has 0 saturated heterocycles. The Hall–Kier alpha value is -1.62. The Morgan fingerprint density at radius 1 is 1.25 bits per heavy atom. The third-order valence-corrected chi connectivity index (χ3v) is 3.08. The summed E-state index contributed by atoms with van der Waals surface area (Å²) in [4.78, 5) is 8.74. The first-order chi connectivity index (χ1) is 9.51. The van der Waals surface area contributed by atoms with E-state index in [9.17, 15) is 0 Å². The Bertz CT molecular complexity index is 580. The number of rotatable bonds is 5. The van der Waals surface area contributed by atoms with E-state index in [1.807, 2.05) is 24.7 Å². The Morgan fingerprint density at radius 2 is 2.00 bits per heavy atom. The number of nitrogens with zero attached hydrogens (tertiary/aromatic N) is 4. The van der Waals surface area contributed by atoms with Crippen molar-refractivity contribution >= 4 is 11.6 Å². The Balaban J connectivity index is 2.23. The first kappa shape index (κ1) is 14.8. The predicted molar refractivity (Wildman–Crippen MR) is 78.4 cm³/mol. The van der Waals surface area contributed by atoms with Crippen molar-refractivity contribution < 1.29 is 4.74 Å². The van der Waals surface area contributed by atoms with Crippen molar-refractivity contribution in [2.75, 3.05) is 0 Å². The molecule has 6 heteroatoms. The van der Waals surface area contributed by atoms with Gasteiger partial charge >= 0.3 is 0 Å². The van der Waals surface area contributed by atoms with Gasteiger partial charge in [0.25, 0.3) is 0 Å². The SMILES string of the molecule is CC(C)c1ncc(Oc2cnn(C(C)C)c2)c(CCl)n1. The van der Waals surface area contributed by atoms with Crippen molar-refractivity contribution in [1.82, 2.24) is 19.7 Å². The smallest absolute Gasteiger partial charge is 0.168 e. The molecule has 0 unspecified atom stereocenters. The van der Waals surface area contributed by atoms with Crippen LogP contribution in [0.25, 0.3) is 0 Å². The molecule has 2 aromatic heterocycles. The summed E-state index contributed by atoms with van der Waals surface area (Å²) >= 11 is 5.94. The van der Waals surface area contributed by atoms with E-state index in [0.717, 1.165) is 5.82 Å². The van der Waals surface area contributed by atoms with E-state index in [2.05, 4.69) is 28.9 Å². The molecule has 0 amide bonds. The molecule has 2 rings (SSSR count). The molecule has 108 valence electrons. The molecule has 0 N–H and O–H groups in total. The summed E-state index contributed by atoms with van der Waals surface area (Å²) in [6, 6.07) is 0.291. The van der Waals surface area contributed by atoms with Gasteiger partial charge in [0.05, 0.1) is 24.5 Å². The molecule has 0 spiro atoms. The van der Waals surface area contributed by atoms with Crippen LogP contribution >= 0.6 is 11.6 Å². The lowest BCUT2D eigenvalue weighted by Crippen LogP contribution is -2.02. The van der Waals surface area contributed by atoms with Gasteiger partial charge in [0.1, 0.15) is 11.5 Å². The molecule has 0 bridgehead atoms. The molecule has 20 heavy (non-hydrogen) atoms. The van der Waals surface area contributed by atoms with Crippen molar-refractivity contribution in [3.05, 3.63) is 30.1 Å². The fraction of sp³-hybridized carbons (Fsp3) is 0.500. The number of ether oxygens (including phenoxy) is 1. The first-order valence-electron chi connectivity index (χ1n) is 6.65. The highest BCUT2D eigenvalue weighted by Gasteiger charge is 2.12. The van der Waals surface area contributed by atoms with Gasteiger partial charge in [-0.05, 0) is 13.8 Å². The zero-order valence-corrected chi connectivity index (χ0v) is 12.9. The molecule has 0 radical (unpaired) electrons. The van der Waals surface area contributed by atoms with E-state index in [1.54, 1.807) is 12.4 Å². The van der Waals surface area contributed by atoms with Crippen LogP contribution in [0.2, 0.25) is 0 Å². The van der Waals surface area contributed by atoms with Crippen LogP contribution in [0.15, 0.2) is 18.6 Å². The second-order valence-corrected chi connectivity index (χ2v) is 5.45. The van der Waals surface area contributed by atoms with Gasteiger partial charge in [-0.15, -0.1) is 11.6 Å². The van der Waals surface area contributed by atoms with E-state index in [1.165, 1.54) is 0 Å². The average Bonchev–Trinajstić information content (AvgIpc) is 2.87. The largest absolute Gasteiger partial charge is 0.450 e. The van der Waals surface area contributed by atoms with Crippen molar-refractivity contribution in [2.24, 2.45) is 0 Å². The summed E-state index contributed by atoms with van der Waals surface area (Å²) in [6.07, 6.45) is 5.19. The number of hydrogen-bond donors (Lipinski definition) is 0. The van der Waals surface area contributed by atoms with Crippen LogP contribution in [-0.2, 0) is 5.88 Å². The van der Waals surface area contributed by atoms with Crippen molar-refractivity contribution in [2.45, 2.75) is 45.5 Å². The van der Waals surface area contributed by atoms with Gasteiger partial charge < -0.3 is 4.74 Å². The Kier molecular flexibility index (Phi) is 4.60. The van der Waals surface area contributed by atoms with Crippen molar-refractivity contribution in [3.63, 3.8) is 0 Å². The van der Waals surface area contributed by atoms with Crippen LogP contribution in [0.5, 0.6) is 11.5 Å². The number of alkyl halides is 1. The number of hydrogen-bond acceptors (Lipinski definition) is 4. The highest BCUT2D eigenvalue weighted by atomic mass is 35.5. The minimum Gasteiger partial charge on any atom is -0.450 e. The fourth-order valence-electron chi connectivity index (χ4n) is 1.66. The minimum atomic E-state index is 0.259. The summed E-state index contributed by atoms with van der Waals surface area (Å²) in [5.41, 5.74) is 0.697. The molecule has 5 nitrogen and oxygen atoms in total. The molecule has 0 aromatic carbocycles. The fourth-order valence-corrected chi connectivity index (χ4v) is 1.85. The zero-order valence-electron chi connectivity index (χ0n) is 12.2. The van der Waals surface area contributed by atoms with Crippen molar-refractivity contribution in [3.8, 4) is 11.5 Å². The van der Waals surface area contributed by atoms with Crippen LogP contribution < -0.4 is 4.74 Å². The van der Waals surface area contributed by atoms with E-state index in [-0.39, 0.29) is 11.8 Å². The average molecular weight is 295 g/mol. The lowest BCUT2D eigenvalue weighted by atomic mass is 10.2. The Morgan fingerprint density at radius 3 is 2.55 bits per heavy atom. The van der Waals surface area contributed by atoms with Gasteiger partial charge in [0, 0.05) is 12.0 Å². The Labute approximate surface area is 124 Å². The lowest BCUT2D eigenvalue weighted by Gasteiger charge is -2.10. The third kappa shape index (κ3) is 3.28.